The highest BCUT2D eigenvalue weighted by Gasteiger charge is 2.32. The molecule has 0 spiro atoms. The van der Waals surface area contributed by atoms with Crippen LogP contribution in [0.4, 0.5) is 0 Å². The Hall–Kier alpha value is -2.94. The van der Waals surface area contributed by atoms with E-state index in [0.717, 1.165) is 5.56 Å². The predicted molar refractivity (Wildman–Crippen MR) is 80.8 cm³/mol. The maximum atomic E-state index is 12.2. The zero-order valence-corrected chi connectivity index (χ0v) is 11.1. The van der Waals surface area contributed by atoms with Crippen LogP contribution in [0.15, 0.2) is 66.2 Å². The third-order valence-corrected chi connectivity index (χ3v) is 3.36. The predicted octanol–water partition coefficient (Wildman–Crippen LogP) is 3.43. The first-order chi connectivity index (χ1) is 10.2. The van der Waals surface area contributed by atoms with Gasteiger partial charge < -0.3 is 5.11 Å². The second kappa shape index (κ2) is 5.21. The molecule has 0 saturated heterocycles. The molecule has 0 amide bonds. The number of carbonyl (C=O) groups is 2. The molecule has 0 heterocycles. The minimum absolute atomic E-state index is 0.164. The van der Waals surface area contributed by atoms with Gasteiger partial charge in [0.25, 0.3) is 0 Å². The molecule has 2 aromatic carbocycles. The number of fused-ring (bicyclic) bond motifs is 1. The van der Waals surface area contributed by atoms with Crippen LogP contribution in [0.25, 0.3) is 11.8 Å². The van der Waals surface area contributed by atoms with Gasteiger partial charge in [0, 0.05) is 11.1 Å². The van der Waals surface area contributed by atoms with Gasteiger partial charge in [0.05, 0.1) is 0 Å². The van der Waals surface area contributed by atoms with E-state index < -0.39 is 11.6 Å². The molecule has 0 aliphatic heterocycles. The van der Waals surface area contributed by atoms with Gasteiger partial charge in [0.1, 0.15) is 11.3 Å². The third kappa shape index (κ3) is 2.30. The van der Waals surface area contributed by atoms with E-state index in [1.807, 2.05) is 30.3 Å². The van der Waals surface area contributed by atoms with Crippen molar-refractivity contribution in [1.29, 1.82) is 0 Å². The standard InChI is InChI=1S/C18H12O3/c19-15(11-10-12-6-2-1-3-7-12)16-17(20)13-8-4-5-9-14(13)18(16)21/h1-11,20H/b11-10-. The number of aliphatic hydroxyl groups is 1. The summed E-state index contributed by atoms with van der Waals surface area (Å²) in [4.78, 5) is 24.4. The van der Waals surface area contributed by atoms with Gasteiger partial charge >= 0.3 is 0 Å². The monoisotopic (exact) mass is 276 g/mol. The fourth-order valence-corrected chi connectivity index (χ4v) is 2.31. The summed E-state index contributed by atoms with van der Waals surface area (Å²) in [5.41, 5.74) is 1.47. The smallest absolute Gasteiger partial charge is 0.201 e. The van der Waals surface area contributed by atoms with E-state index in [-0.39, 0.29) is 11.3 Å². The number of allylic oxidation sites excluding steroid dienone is 2. The number of carbonyl (C=O) groups excluding carboxylic acids is 2. The minimum Gasteiger partial charge on any atom is -0.506 e. The largest absolute Gasteiger partial charge is 0.506 e. The molecule has 1 aliphatic rings. The lowest BCUT2D eigenvalue weighted by Crippen LogP contribution is -2.08. The number of benzene rings is 2. The molecule has 0 saturated carbocycles. The lowest BCUT2D eigenvalue weighted by molar-refractivity contribution is -0.110. The normalized spacial score (nSPS) is 13.8. The summed E-state index contributed by atoms with van der Waals surface area (Å²) >= 11 is 0. The number of rotatable bonds is 3. The van der Waals surface area contributed by atoms with E-state index in [0.29, 0.717) is 11.1 Å². The Bertz CT molecular complexity index is 783. The van der Waals surface area contributed by atoms with Crippen molar-refractivity contribution in [2.24, 2.45) is 0 Å². The molecule has 0 bridgehead atoms. The van der Waals surface area contributed by atoms with Crippen LogP contribution in [0, 0.1) is 0 Å². The average molecular weight is 276 g/mol. The molecule has 3 rings (SSSR count). The van der Waals surface area contributed by atoms with Crippen LogP contribution in [0.1, 0.15) is 21.5 Å². The number of hydrogen-bond acceptors (Lipinski definition) is 3. The van der Waals surface area contributed by atoms with E-state index in [9.17, 15) is 14.7 Å². The minimum atomic E-state index is -0.488. The number of hydrogen-bond donors (Lipinski definition) is 1. The molecular weight excluding hydrogens is 264 g/mol. The maximum Gasteiger partial charge on any atom is 0.201 e. The van der Waals surface area contributed by atoms with Crippen LogP contribution in [0.2, 0.25) is 0 Å². The van der Waals surface area contributed by atoms with Gasteiger partial charge in [-0.1, -0.05) is 60.7 Å². The Morgan fingerprint density at radius 3 is 2.19 bits per heavy atom. The molecule has 0 fully saturated rings. The van der Waals surface area contributed by atoms with Crippen molar-refractivity contribution in [3.8, 4) is 0 Å². The summed E-state index contributed by atoms with van der Waals surface area (Å²) in [6, 6.07) is 16.0. The number of aliphatic hydroxyl groups excluding tert-OH is 1. The van der Waals surface area contributed by atoms with Crippen LogP contribution in [-0.2, 0) is 4.79 Å². The van der Waals surface area contributed by atoms with Crippen molar-refractivity contribution >= 4 is 23.4 Å². The second-order valence-electron chi connectivity index (χ2n) is 4.71. The van der Waals surface area contributed by atoms with Crippen LogP contribution in [-0.4, -0.2) is 16.7 Å². The number of ketones is 2. The summed E-state index contributed by atoms with van der Waals surface area (Å²) < 4.78 is 0. The van der Waals surface area contributed by atoms with Crippen molar-refractivity contribution < 1.29 is 14.7 Å². The topological polar surface area (TPSA) is 54.4 Å². The van der Waals surface area contributed by atoms with E-state index in [2.05, 4.69) is 0 Å². The first-order valence-corrected chi connectivity index (χ1v) is 6.53. The highest BCUT2D eigenvalue weighted by Crippen LogP contribution is 2.31. The van der Waals surface area contributed by atoms with Crippen LogP contribution in [0.5, 0.6) is 0 Å². The molecule has 21 heavy (non-hydrogen) atoms. The van der Waals surface area contributed by atoms with E-state index in [1.165, 1.54) is 6.08 Å². The lowest BCUT2D eigenvalue weighted by Gasteiger charge is -1.96. The quantitative estimate of drug-likeness (QED) is 0.690. The van der Waals surface area contributed by atoms with Gasteiger partial charge in [-0.3, -0.25) is 9.59 Å². The molecule has 2 aromatic rings. The fourth-order valence-electron chi connectivity index (χ4n) is 2.31. The van der Waals surface area contributed by atoms with Crippen molar-refractivity contribution in [2.75, 3.05) is 0 Å². The summed E-state index contributed by atoms with van der Waals surface area (Å²) in [5.74, 6) is -1.15. The molecule has 3 nitrogen and oxygen atoms in total. The SMILES string of the molecule is O=C(/C=C\c1ccccc1)C1=C(O)c2ccccc2C1=O. The molecule has 0 radical (unpaired) electrons. The highest BCUT2D eigenvalue weighted by atomic mass is 16.3. The van der Waals surface area contributed by atoms with Gasteiger partial charge in [-0.2, -0.15) is 0 Å². The Balaban J connectivity index is 1.92. The Morgan fingerprint density at radius 2 is 1.52 bits per heavy atom. The van der Waals surface area contributed by atoms with Crippen molar-refractivity contribution in [2.45, 2.75) is 0 Å². The van der Waals surface area contributed by atoms with E-state index >= 15 is 0 Å². The zero-order chi connectivity index (χ0) is 14.8. The van der Waals surface area contributed by atoms with E-state index in [1.54, 1.807) is 30.3 Å². The maximum absolute atomic E-state index is 12.2. The van der Waals surface area contributed by atoms with Gasteiger partial charge in [0.15, 0.2) is 5.78 Å². The first-order valence-electron chi connectivity index (χ1n) is 6.53. The lowest BCUT2D eigenvalue weighted by atomic mass is 10.1. The Morgan fingerprint density at radius 1 is 0.905 bits per heavy atom. The molecular formula is C18H12O3. The van der Waals surface area contributed by atoms with Crippen LogP contribution < -0.4 is 0 Å². The van der Waals surface area contributed by atoms with Gasteiger partial charge in [-0.15, -0.1) is 0 Å². The fraction of sp³-hybridized carbons (Fsp3) is 0. The summed E-state index contributed by atoms with van der Waals surface area (Å²) in [7, 11) is 0. The molecule has 102 valence electrons. The highest BCUT2D eigenvalue weighted by molar-refractivity contribution is 6.36. The average Bonchev–Trinajstić information content (AvgIpc) is 2.78. The van der Waals surface area contributed by atoms with Crippen molar-refractivity contribution in [3.05, 3.63) is 82.9 Å². The second-order valence-corrected chi connectivity index (χ2v) is 4.71. The molecule has 1 N–H and O–H groups in total. The molecule has 3 heteroatoms. The zero-order valence-electron chi connectivity index (χ0n) is 11.1. The van der Waals surface area contributed by atoms with Gasteiger partial charge in [-0.05, 0) is 11.6 Å². The molecule has 0 atom stereocenters. The summed E-state index contributed by atoms with van der Waals surface area (Å²) in [6.07, 6.45) is 2.93. The van der Waals surface area contributed by atoms with Crippen molar-refractivity contribution in [3.63, 3.8) is 0 Å². The summed E-state index contributed by atoms with van der Waals surface area (Å²) in [6.45, 7) is 0. The molecule has 0 unspecified atom stereocenters. The molecule has 1 aliphatic carbocycles. The van der Waals surface area contributed by atoms with Gasteiger partial charge in [0.2, 0.25) is 5.78 Å². The van der Waals surface area contributed by atoms with E-state index in [4.69, 9.17) is 0 Å². The summed E-state index contributed by atoms with van der Waals surface area (Å²) in [5, 5.41) is 10.1. The van der Waals surface area contributed by atoms with Crippen LogP contribution >= 0.6 is 0 Å². The number of Topliss-reactive ketones (excluding diaryl/α,β-unsaturated/α-hetero) is 1. The van der Waals surface area contributed by atoms with Crippen LogP contribution in [0.3, 0.4) is 0 Å². The Labute approximate surface area is 121 Å². The first kappa shape index (κ1) is 13.1. The third-order valence-electron chi connectivity index (χ3n) is 3.36. The Kier molecular flexibility index (Phi) is 3.24. The van der Waals surface area contributed by atoms with Gasteiger partial charge in [-0.25, -0.2) is 0 Å². The molecule has 0 aromatic heterocycles. The van der Waals surface area contributed by atoms with Crippen molar-refractivity contribution in [1.82, 2.24) is 0 Å².